The molecule has 1 aliphatic rings. The molecule has 0 spiro atoms. The number of nitrogens with one attached hydrogen (secondary N) is 1. The molecule has 2 heterocycles. The lowest BCUT2D eigenvalue weighted by Crippen LogP contribution is -2.54. The van der Waals surface area contributed by atoms with Gasteiger partial charge in [-0.3, -0.25) is 14.3 Å². The van der Waals surface area contributed by atoms with Crippen LogP contribution in [0.25, 0.3) is 11.3 Å². The van der Waals surface area contributed by atoms with Crippen molar-refractivity contribution < 1.29 is 14.0 Å². The number of aryl methyl sites for hydroxylation is 1. The summed E-state index contributed by atoms with van der Waals surface area (Å²) < 4.78 is 15.4. The van der Waals surface area contributed by atoms with Crippen molar-refractivity contribution in [2.75, 3.05) is 6.54 Å². The van der Waals surface area contributed by atoms with Crippen molar-refractivity contribution in [1.82, 2.24) is 20.0 Å². The standard InChI is InChI=1S/C22H30FN5O2.2C2H6/c1-22(2,3)19(24)21(30)28-11-5-6-17(28)20(29)25-12-14-7-9-15(10-8-14)18-16(23)13-26-27(18)4;2*1-2/h7-10,13,17,19H,5-6,11-12,24H2,1-4H3,(H,25,29);2*1-2H3. The first-order chi connectivity index (χ1) is 16.1. The minimum Gasteiger partial charge on any atom is -0.350 e. The van der Waals surface area contributed by atoms with Gasteiger partial charge in [0.1, 0.15) is 11.7 Å². The minimum atomic E-state index is -0.647. The number of hydrogen-bond acceptors (Lipinski definition) is 4. The zero-order valence-electron chi connectivity index (χ0n) is 22.0. The number of aromatic nitrogens is 2. The van der Waals surface area contributed by atoms with E-state index in [0.29, 0.717) is 30.8 Å². The molecule has 1 fully saturated rings. The van der Waals surface area contributed by atoms with Crippen molar-refractivity contribution in [2.45, 2.75) is 79.9 Å². The summed E-state index contributed by atoms with van der Waals surface area (Å²) in [5, 5.41) is 6.83. The van der Waals surface area contributed by atoms with Gasteiger partial charge in [-0.1, -0.05) is 72.7 Å². The third-order valence-corrected chi connectivity index (χ3v) is 5.63. The first kappa shape index (κ1) is 29.3. The maximum absolute atomic E-state index is 13.9. The van der Waals surface area contributed by atoms with Crippen molar-refractivity contribution in [3.05, 3.63) is 41.8 Å². The number of likely N-dealkylation sites (tertiary alicyclic amines) is 1. The van der Waals surface area contributed by atoms with Crippen LogP contribution in [0.3, 0.4) is 0 Å². The number of carbonyl (C=O) groups is 2. The highest BCUT2D eigenvalue weighted by Gasteiger charge is 2.39. The highest BCUT2D eigenvalue weighted by molar-refractivity contribution is 5.90. The molecule has 7 nitrogen and oxygen atoms in total. The van der Waals surface area contributed by atoms with Crippen molar-refractivity contribution in [1.29, 1.82) is 0 Å². The Labute approximate surface area is 203 Å². The van der Waals surface area contributed by atoms with Crippen LogP contribution in [0, 0.1) is 11.2 Å². The van der Waals surface area contributed by atoms with Crippen LogP contribution in [0.15, 0.2) is 30.5 Å². The molecule has 1 aromatic heterocycles. The van der Waals surface area contributed by atoms with Gasteiger partial charge < -0.3 is 16.0 Å². The molecule has 1 aliphatic heterocycles. The Bertz CT molecular complexity index is 899. The molecule has 0 radical (unpaired) electrons. The van der Waals surface area contributed by atoms with Crippen molar-refractivity contribution in [3.63, 3.8) is 0 Å². The van der Waals surface area contributed by atoms with Gasteiger partial charge in [-0.2, -0.15) is 5.10 Å². The van der Waals surface area contributed by atoms with E-state index in [4.69, 9.17) is 5.73 Å². The number of hydrogen-bond donors (Lipinski definition) is 2. The Balaban J connectivity index is 0.00000137. The first-order valence-corrected chi connectivity index (χ1v) is 12.2. The monoisotopic (exact) mass is 475 g/mol. The van der Waals surface area contributed by atoms with Gasteiger partial charge in [0.25, 0.3) is 0 Å². The molecule has 34 heavy (non-hydrogen) atoms. The molecule has 2 atom stereocenters. The summed E-state index contributed by atoms with van der Waals surface area (Å²) in [7, 11) is 1.69. The molecule has 0 aliphatic carbocycles. The van der Waals surface area contributed by atoms with Gasteiger partial charge in [0.2, 0.25) is 11.8 Å². The lowest BCUT2D eigenvalue weighted by molar-refractivity contribution is -0.141. The van der Waals surface area contributed by atoms with Crippen LogP contribution in [0.4, 0.5) is 4.39 Å². The fourth-order valence-corrected chi connectivity index (χ4v) is 3.68. The van der Waals surface area contributed by atoms with Crippen molar-refractivity contribution in [3.8, 4) is 11.3 Å². The summed E-state index contributed by atoms with van der Waals surface area (Å²) in [6.45, 7) is 14.6. The SMILES string of the molecule is CC.CC.Cn1ncc(F)c1-c1ccc(CNC(=O)C2CCCN2C(=O)C(N)C(C)(C)C)cc1. The van der Waals surface area contributed by atoms with E-state index >= 15 is 0 Å². The molecule has 2 unspecified atom stereocenters. The lowest BCUT2D eigenvalue weighted by Gasteiger charge is -2.32. The molecular weight excluding hydrogens is 433 g/mol. The Morgan fingerprint density at radius 3 is 2.26 bits per heavy atom. The normalized spacial score (nSPS) is 16.1. The average Bonchev–Trinajstić information content (AvgIpc) is 3.45. The maximum Gasteiger partial charge on any atom is 0.243 e. The summed E-state index contributed by atoms with van der Waals surface area (Å²) in [6, 6.07) is 6.15. The summed E-state index contributed by atoms with van der Waals surface area (Å²) >= 11 is 0. The number of halogens is 1. The summed E-state index contributed by atoms with van der Waals surface area (Å²) in [5.41, 5.74) is 7.77. The van der Waals surface area contributed by atoms with Crippen LogP contribution in [0.2, 0.25) is 0 Å². The molecule has 1 saturated heterocycles. The maximum atomic E-state index is 13.9. The van der Waals surface area contributed by atoms with E-state index in [-0.39, 0.29) is 23.0 Å². The van der Waals surface area contributed by atoms with E-state index in [1.54, 1.807) is 24.1 Å². The van der Waals surface area contributed by atoms with Gasteiger partial charge in [0, 0.05) is 25.7 Å². The Hall–Kier alpha value is -2.74. The fourth-order valence-electron chi connectivity index (χ4n) is 3.68. The molecule has 8 heteroatoms. The van der Waals surface area contributed by atoms with Crippen molar-refractivity contribution >= 4 is 11.8 Å². The second-order valence-corrected chi connectivity index (χ2v) is 8.91. The van der Waals surface area contributed by atoms with Crippen LogP contribution >= 0.6 is 0 Å². The minimum absolute atomic E-state index is 0.177. The van der Waals surface area contributed by atoms with E-state index in [1.807, 2.05) is 60.6 Å². The van der Waals surface area contributed by atoms with Crippen LogP contribution in [0.5, 0.6) is 0 Å². The molecular formula is C26H42FN5O2. The van der Waals surface area contributed by atoms with Gasteiger partial charge >= 0.3 is 0 Å². The molecule has 3 N–H and O–H groups in total. The lowest BCUT2D eigenvalue weighted by atomic mass is 9.86. The smallest absolute Gasteiger partial charge is 0.243 e. The molecule has 2 amide bonds. The van der Waals surface area contributed by atoms with Crippen LogP contribution in [-0.2, 0) is 23.2 Å². The Morgan fingerprint density at radius 1 is 1.18 bits per heavy atom. The van der Waals surface area contributed by atoms with Crippen molar-refractivity contribution in [2.24, 2.45) is 18.2 Å². The summed E-state index contributed by atoms with van der Waals surface area (Å²) in [4.78, 5) is 27.1. The molecule has 2 aromatic rings. The van der Waals surface area contributed by atoms with Crippen LogP contribution in [-0.4, -0.2) is 45.1 Å². The van der Waals surface area contributed by atoms with E-state index in [2.05, 4.69) is 10.4 Å². The summed E-state index contributed by atoms with van der Waals surface area (Å²) in [6.07, 6.45) is 2.60. The fraction of sp³-hybridized carbons (Fsp3) is 0.577. The number of amides is 2. The largest absolute Gasteiger partial charge is 0.350 e. The third kappa shape index (κ3) is 7.13. The zero-order chi connectivity index (χ0) is 26.1. The number of nitrogens with zero attached hydrogens (tertiary/aromatic N) is 3. The van der Waals surface area contributed by atoms with E-state index in [9.17, 15) is 14.0 Å². The predicted molar refractivity (Wildman–Crippen MR) is 135 cm³/mol. The highest BCUT2D eigenvalue weighted by atomic mass is 19.1. The second-order valence-electron chi connectivity index (χ2n) is 8.91. The van der Waals surface area contributed by atoms with E-state index in [1.165, 1.54) is 10.9 Å². The molecule has 0 bridgehead atoms. The quantitative estimate of drug-likeness (QED) is 0.676. The average molecular weight is 476 g/mol. The molecule has 0 saturated carbocycles. The van der Waals surface area contributed by atoms with Gasteiger partial charge in [-0.15, -0.1) is 0 Å². The van der Waals surface area contributed by atoms with Gasteiger partial charge in [-0.25, -0.2) is 4.39 Å². The van der Waals surface area contributed by atoms with E-state index in [0.717, 1.165) is 12.0 Å². The summed E-state index contributed by atoms with van der Waals surface area (Å²) in [5.74, 6) is -0.732. The van der Waals surface area contributed by atoms with Crippen LogP contribution in [0.1, 0.15) is 66.9 Å². The number of benzene rings is 1. The Morgan fingerprint density at radius 2 is 1.76 bits per heavy atom. The zero-order valence-corrected chi connectivity index (χ0v) is 22.0. The third-order valence-electron chi connectivity index (χ3n) is 5.63. The number of rotatable bonds is 5. The molecule has 3 rings (SSSR count). The topological polar surface area (TPSA) is 93.2 Å². The van der Waals surface area contributed by atoms with E-state index < -0.39 is 12.1 Å². The second kappa shape index (κ2) is 13.2. The van der Waals surface area contributed by atoms with Crippen LogP contribution < -0.4 is 11.1 Å². The first-order valence-electron chi connectivity index (χ1n) is 12.2. The highest BCUT2D eigenvalue weighted by Crippen LogP contribution is 2.25. The molecule has 190 valence electrons. The number of nitrogens with two attached hydrogens (primary N) is 1. The predicted octanol–water partition coefficient (Wildman–Crippen LogP) is 4.26. The number of carbonyl (C=O) groups excluding carboxylic acids is 2. The molecule has 1 aromatic carbocycles. The van der Waals surface area contributed by atoms with Gasteiger partial charge in [-0.05, 0) is 23.8 Å². The van der Waals surface area contributed by atoms with Gasteiger partial charge in [0.15, 0.2) is 5.82 Å². The van der Waals surface area contributed by atoms with Gasteiger partial charge in [0.05, 0.1) is 12.2 Å². The Kier molecular flexibility index (Phi) is 11.4.